The molecule has 1 fully saturated rings. The molecule has 2 rings (SSSR count). The highest BCUT2D eigenvalue weighted by molar-refractivity contribution is 8.13. The van der Waals surface area contributed by atoms with Gasteiger partial charge in [-0.15, -0.1) is 0 Å². The number of carbonyl (C=O) groups is 1. The second-order valence-corrected chi connectivity index (χ2v) is 7.68. The summed E-state index contributed by atoms with van der Waals surface area (Å²) >= 11 is 0. The largest absolute Gasteiger partial charge is 0.351 e. The lowest BCUT2D eigenvalue weighted by atomic mass is 10.0. The van der Waals surface area contributed by atoms with Crippen LogP contribution < -0.4 is 5.32 Å². The van der Waals surface area contributed by atoms with E-state index in [0.717, 1.165) is 37.5 Å². The van der Waals surface area contributed by atoms with Crippen LogP contribution >= 0.6 is 10.7 Å². The Morgan fingerprint density at radius 2 is 2.10 bits per heavy atom. The normalized spacial score (nSPS) is 16.8. The zero-order chi connectivity index (χ0) is 15.0. The van der Waals surface area contributed by atoms with E-state index in [-0.39, 0.29) is 15.9 Å². The predicted molar refractivity (Wildman–Crippen MR) is 73.7 cm³/mol. The fourth-order valence-electron chi connectivity index (χ4n) is 2.03. The van der Waals surface area contributed by atoms with Crippen molar-refractivity contribution < 1.29 is 17.6 Å². The van der Waals surface area contributed by atoms with Crippen molar-refractivity contribution in [3.05, 3.63) is 29.6 Å². The highest BCUT2D eigenvalue weighted by atomic mass is 35.7. The molecule has 1 amide bonds. The average molecular weight is 320 g/mol. The summed E-state index contributed by atoms with van der Waals surface area (Å²) in [6.45, 7) is 2.57. The van der Waals surface area contributed by atoms with Gasteiger partial charge >= 0.3 is 0 Å². The first-order chi connectivity index (χ1) is 9.27. The minimum Gasteiger partial charge on any atom is -0.351 e. The number of halogens is 2. The van der Waals surface area contributed by atoms with Crippen molar-refractivity contribution >= 4 is 25.6 Å². The molecule has 0 radical (unpaired) electrons. The van der Waals surface area contributed by atoms with Crippen molar-refractivity contribution in [2.45, 2.75) is 31.1 Å². The third-order valence-corrected chi connectivity index (χ3v) is 5.15. The van der Waals surface area contributed by atoms with E-state index < -0.39 is 20.8 Å². The fraction of sp³-hybridized carbons (Fsp3) is 0.462. The highest BCUT2D eigenvalue weighted by Gasteiger charge is 2.40. The summed E-state index contributed by atoms with van der Waals surface area (Å²) in [5.74, 6) is -1.44. The molecular formula is C13H15ClFNO3S. The maximum Gasteiger partial charge on any atom is 0.261 e. The minimum absolute atomic E-state index is 0.158. The maximum atomic E-state index is 13.8. The summed E-state index contributed by atoms with van der Waals surface area (Å²) < 4.78 is 35.9. The van der Waals surface area contributed by atoms with Crippen molar-refractivity contribution in [1.29, 1.82) is 0 Å². The number of rotatable bonds is 5. The average Bonchev–Trinajstić information content (AvgIpc) is 3.15. The Bertz CT molecular complexity index is 641. The van der Waals surface area contributed by atoms with Gasteiger partial charge in [-0.05, 0) is 42.9 Å². The Labute approximate surface area is 121 Å². The van der Waals surface area contributed by atoms with Gasteiger partial charge in [0.05, 0.1) is 10.5 Å². The minimum atomic E-state index is -4.00. The van der Waals surface area contributed by atoms with Crippen molar-refractivity contribution in [3.8, 4) is 0 Å². The molecule has 1 aliphatic rings. The van der Waals surface area contributed by atoms with E-state index in [9.17, 15) is 17.6 Å². The lowest BCUT2D eigenvalue weighted by Gasteiger charge is -2.13. The van der Waals surface area contributed by atoms with E-state index in [1.807, 2.05) is 0 Å². The molecule has 0 saturated heterocycles. The zero-order valence-corrected chi connectivity index (χ0v) is 12.5. The molecule has 1 aromatic carbocycles. The van der Waals surface area contributed by atoms with Crippen LogP contribution in [0, 0.1) is 11.2 Å². The Morgan fingerprint density at radius 3 is 2.55 bits per heavy atom. The third-order valence-electron chi connectivity index (χ3n) is 3.80. The van der Waals surface area contributed by atoms with Crippen molar-refractivity contribution in [3.63, 3.8) is 0 Å². The molecule has 1 N–H and O–H groups in total. The molecule has 1 aromatic rings. The topological polar surface area (TPSA) is 63.2 Å². The second-order valence-electron chi connectivity index (χ2n) is 5.12. The van der Waals surface area contributed by atoms with Crippen LogP contribution in [-0.2, 0) is 9.05 Å². The molecule has 0 aliphatic heterocycles. The van der Waals surface area contributed by atoms with Crippen LogP contribution in [0.25, 0.3) is 0 Å². The van der Waals surface area contributed by atoms with Gasteiger partial charge < -0.3 is 5.32 Å². The number of amides is 1. The van der Waals surface area contributed by atoms with Gasteiger partial charge in [0.2, 0.25) is 0 Å². The van der Waals surface area contributed by atoms with Crippen LogP contribution in [0.3, 0.4) is 0 Å². The first-order valence-electron chi connectivity index (χ1n) is 6.30. The second kappa shape index (κ2) is 5.33. The Morgan fingerprint density at radius 1 is 1.45 bits per heavy atom. The molecule has 0 aromatic heterocycles. The van der Waals surface area contributed by atoms with Crippen molar-refractivity contribution in [2.75, 3.05) is 6.54 Å². The SMILES string of the molecule is CCC1(CNC(=O)c2ccc(S(=O)(=O)Cl)cc2F)CC1. The third kappa shape index (κ3) is 3.30. The van der Waals surface area contributed by atoms with E-state index in [4.69, 9.17) is 10.7 Å². The Balaban J connectivity index is 2.11. The van der Waals surface area contributed by atoms with E-state index in [0.29, 0.717) is 6.54 Å². The number of hydrogen-bond acceptors (Lipinski definition) is 3. The van der Waals surface area contributed by atoms with Crippen molar-refractivity contribution in [1.82, 2.24) is 5.32 Å². The molecular weight excluding hydrogens is 305 g/mol. The van der Waals surface area contributed by atoms with E-state index >= 15 is 0 Å². The molecule has 0 unspecified atom stereocenters. The first-order valence-corrected chi connectivity index (χ1v) is 8.61. The van der Waals surface area contributed by atoms with Gasteiger partial charge in [-0.25, -0.2) is 12.8 Å². The van der Waals surface area contributed by atoms with Gasteiger partial charge in [0.15, 0.2) is 0 Å². The Hall–Kier alpha value is -1.14. The predicted octanol–water partition coefficient (Wildman–Crippen LogP) is 2.67. The van der Waals surface area contributed by atoms with Crippen LogP contribution in [0.15, 0.2) is 23.1 Å². The molecule has 1 aliphatic carbocycles. The number of carbonyl (C=O) groups excluding carboxylic acids is 1. The summed E-state index contributed by atoms with van der Waals surface area (Å²) in [7, 11) is 1.12. The van der Waals surface area contributed by atoms with Crippen LogP contribution in [0.2, 0.25) is 0 Å². The smallest absolute Gasteiger partial charge is 0.261 e. The Kier molecular flexibility index (Phi) is 4.07. The number of nitrogens with one attached hydrogen (secondary N) is 1. The van der Waals surface area contributed by atoms with Crippen molar-refractivity contribution in [2.24, 2.45) is 5.41 Å². The van der Waals surface area contributed by atoms with Gasteiger partial charge in [0, 0.05) is 17.2 Å². The molecule has 110 valence electrons. The van der Waals surface area contributed by atoms with E-state index in [1.54, 1.807) is 0 Å². The number of benzene rings is 1. The maximum absolute atomic E-state index is 13.8. The van der Waals surface area contributed by atoms with Crippen LogP contribution in [0.4, 0.5) is 4.39 Å². The molecule has 0 atom stereocenters. The molecule has 0 heterocycles. The molecule has 20 heavy (non-hydrogen) atoms. The van der Waals surface area contributed by atoms with Gasteiger partial charge in [-0.2, -0.15) is 0 Å². The van der Waals surface area contributed by atoms with Gasteiger partial charge in [-0.3, -0.25) is 4.79 Å². The molecule has 0 bridgehead atoms. The monoisotopic (exact) mass is 319 g/mol. The number of hydrogen-bond donors (Lipinski definition) is 1. The molecule has 1 saturated carbocycles. The summed E-state index contributed by atoms with van der Waals surface area (Å²) in [5.41, 5.74) is -0.0214. The molecule has 4 nitrogen and oxygen atoms in total. The summed E-state index contributed by atoms with van der Waals surface area (Å²) in [6.07, 6.45) is 3.10. The molecule has 7 heteroatoms. The highest BCUT2D eigenvalue weighted by Crippen LogP contribution is 2.47. The van der Waals surface area contributed by atoms with Crippen LogP contribution in [0.5, 0.6) is 0 Å². The zero-order valence-electron chi connectivity index (χ0n) is 10.9. The standard InChI is InChI=1S/C13H15ClFNO3S/c1-2-13(5-6-13)8-16-12(17)10-4-3-9(7-11(10)15)20(14,18)19/h3-4,7H,2,5-6,8H2,1H3,(H,16,17). The fourth-order valence-corrected chi connectivity index (χ4v) is 2.79. The van der Waals surface area contributed by atoms with E-state index in [2.05, 4.69) is 12.2 Å². The van der Waals surface area contributed by atoms with E-state index in [1.165, 1.54) is 0 Å². The first kappa shape index (κ1) is 15.3. The van der Waals surface area contributed by atoms with Gasteiger partial charge in [0.1, 0.15) is 5.82 Å². The summed E-state index contributed by atoms with van der Waals surface area (Å²) in [4.78, 5) is 11.5. The summed E-state index contributed by atoms with van der Waals surface area (Å²) in [5, 5.41) is 2.69. The van der Waals surface area contributed by atoms with Gasteiger partial charge in [-0.1, -0.05) is 6.92 Å². The quantitative estimate of drug-likeness (QED) is 0.849. The molecule has 0 spiro atoms. The van der Waals surface area contributed by atoms with Crippen LogP contribution in [0.1, 0.15) is 36.5 Å². The lowest BCUT2D eigenvalue weighted by Crippen LogP contribution is -2.30. The summed E-state index contributed by atoms with van der Waals surface area (Å²) in [6, 6.07) is 3.00. The van der Waals surface area contributed by atoms with Crippen LogP contribution in [-0.4, -0.2) is 20.9 Å². The lowest BCUT2D eigenvalue weighted by molar-refractivity contribution is 0.0940. The van der Waals surface area contributed by atoms with Gasteiger partial charge in [0.25, 0.3) is 15.0 Å².